The van der Waals surface area contributed by atoms with Gasteiger partial charge in [0.1, 0.15) is 12.2 Å². The van der Waals surface area contributed by atoms with E-state index in [4.69, 9.17) is 0 Å². The highest BCUT2D eigenvalue weighted by atomic mass is 16.2. The Bertz CT molecular complexity index is 675. The van der Waals surface area contributed by atoms with Crippen molar-refractivity contribution in [1.29, 1.82) is 0 Å². The molecular formula is C17H20N4O. The molecule has 0 radical (unpaired) electrons. The number of carbonyl (C=O) groups excluding carboxylic acids is 1. The summed E-state index contributed by atoms with van der Waals surface area (Å²) in [4.78, 5) is 14.2. The van der Waals surface area contributed by atoms with Crippen LogP contribution < -0.4 is 0 Å². The van der Waals surface area contributed by atoms with E-state index in [0.717, 1.165) is 18.8 Å². The van der Waals surface area contributed by atoms with E-state index in [2.05, 4.69) is 40.5 Å². The molecule has 0 spiro atoms. The fourth-order valence-corrected chi connectivity index (χ4v) is 2.72. The molecule has 0 saturated heterocycles. The number of rotatable bonds is 4. The van der Waals surface area contributed by atoms with Crippen LogP contribution in [0.2, 0.25) is 0 Å². The zero-order valence-electron chi connectivity index (χ0n) is 12.8. The summed E-state index contributed by atoms with van der Waals surface area (Å²) in [5, 5.41) is 7.85. The summed E-state index contributed by atoms with van der Waals surface area (Å²) in [7, 11) is 1.90. The minimum absolute atomic E-state index is 0.186. The van der Waals surface area contributed by atoms with Gasteiger partial charge in [-0.15, -0.1) is 10.2 Å². The molecule has 0 N–H and O–H groups in total. The van der Waals surface area contributed by atoms with Crippen LogP contribution >= 0.6 is 0 Å². The van der Waals surface area contributed by atoms with Crippen molar-refractivity contribution in [3.05, 3.63) is 54.1 Å². The molecule has 1 amide bonds. The lowest BCUT2D eigenvalue weighted by Gasteiger charge is -2.26. The first-order chi connectivity index (χ1) is 10.7. The number of benzene rings is 1. The Morgan fingerprint density at radius 2 is 2.09 bits per heavy atom. The van der Waals surface area contributed by atoms with Crippen molar-refractivity contribution in [1.82, 2.24) is 19.7 Å². The predicted molar refractivity (Wildman–Crippen MR) is 84.9 cm³/mol. The first-order valence-corrected chi connectivity index (χ1v) is 7.59. The van der Waals surface area contributed by atoms with Crippen molar-refractivity contribution in [2.75, 3.05) is 13.1 Å². The molecule has 0 fully saturated rings. The molecule has 5 heteroatoms. The average Bonchev–Trinajstić information content (AvgIpc) is 2.99. The molecule has 2 heterocycles. The molecule has 2 aromatic rings. The molecule has 1 aromatic heterocycles. The van der Waals surface area contributed by atoms with Gasteiger partial charge in [0.05, 0.1) is 0 Å². The molecular weight excluding hydrogens is 276 g/mol. The molecule has 1 aliphatic heterocycles. The predicted octanol–water partition coefficient (Wildman–Crippen LogP) is 2.06. The van der Waals surface area contributed by atoms with E-state index in [0.29, 0.717) is 19.4 Å². The van der Waals surface area contributed by atoms with Crippen LogP contribution in [0.15, 0.2) is 42.7 Å². The largest absolute Gasteiger partial charge is 0.339 e. The van der Waals surface area contributed by atoms with Crippen molar-refractivity contribution in [2.45, 2.75) is 19.3 Å². The van der Waals surface area contributed by atoms with E-state index in [-0.39, 0.29) is 5.91 Å². The van der Waals surface area contributed by atoms with E-state index in [1.54, 1.807) is 6.33 Å². The molecule has 1 aromatic carbocycles. The van der Waals surface area contributed by atoms with Crippen LogP contribution in [0, 0.1) is 0 Å². The van der Waals surface area contributed by atoms with Gasteiger partial charge in [-0.1, -0.05) is 36.4 Å². The Morgan fingerprint density at radius 3 is 2.73 bits per heavy atom. The third-order valence-electron chi connectivity index (χ3n) is 4.07. The van der Waals surface area contributed by atoms with Crippen LogP contribution in [0.4, 0.5) is 0 Å². The second-order valence-corrected chi connectivity index (χ2v) is 5.54. The van der Waals surface area contributed by atoms with Crippen LogP contribution in [-0.4, -0.2) is 38.7 Å². The van der Waals surface area contributed by atoms with Crippen LogP contribution in [0.1, 0.15) is 24.2 Å². The monoisotopic (exact) mass is 296 g/mol. The number of hydrogen-bond acceptors (Lipinski definition) is 3. The number of nitrogens with zero attached hydrogens (tertiary/aromatic N) is 4. The van der Waals surface area contributed by atoms with Gasteiger partial charge in [0, 0.05) is 33.0 Å². The summed E-state index contributed by atoms with van der Waals surface area (Å²) >= 11 is 0. The Morgan fingerprint density at radius 1 is 1.27 bits per heavy atom. The Labute approximate surface area is 130 Å². The van der Waals surface area contributed by atoms with E-state index < -0.39 is 0 Å². The SMILES string of the molecule is Cn1cnnc1CCC(=O)N1CC=C(c2ccccc2)CC1. The molecule has 0 atom stereocenters. The van der Waals surface area contributed by atoms with Crippen molar-refractivity contribution >= 4 is 11.5 Å². The first-order valence-electron chi connectivity index (χ1n) is 7.59. The van der Waals surface area contributed by atoms with Gasteiger partial charge in [0.15, 0.2) is 0 Å². The lowest BCUT2D eigenvalue weighted by molar-refractivity contribution is -0.130. The van der Waals surface area contributed by atoms with Gasteiger partial charge in [-0.05, 0) is 17.6 Å². The maximum absolute atomic E-state index is 12.3. The van der Waals surface area contributed by atoms with Gasteiger partial charge in [-0.3, -0.25) is 4.79 Å². The summed E-state index contributed by atoms with van der Waals surface area (Å²) in [5.74, 6) is 1.04. The van der Waals surface area contributed by atoms with E-state index in [1.807, 2.05) is 22.6 Å². The summed E-state index contributed by atoms with van der Waals surface area (Å²) in [6.07, 6.45) is 5.87. The highest BCUT2D eigenvalue weighted by Gasteiger charge is 2.18. The zero-order chi connectivity index (χ0) is 15.4. The van der Waals surface area contributed by atoms with E-state index in [1.165, 1.54) is 11.1 Å². The number of aryl methyl sites for hydroxylation is 2. The van der Waals surface area contributed by atoms with Gasteiger partial charge in [-0.2, -0.15) is 0 Å². The van der Waals surface area contributed by atoms with Gasteiger partial charge < -0.3 is 9.47 Å². The maximum atomic E-state index is 12.3. The molecule has 3 rings (SSSR count). The van der Waals surface area contributed by atoms with Crippen LogP contribution in [0.5, 0.6) is 0 Å². The normalized spacial score (nSPS) is 14.8. The fourth-order valence-electron chi connectivity index (χ4n) is 2.72. The minimum atomic E-state index is 0.186. The van der Waals surface area contributed by atoms with Crippen LogP contribution in [-0.2, 0) is 18.3 Å². The Balaban J connectivity index is 1.55. The summed E-state index contributed by atoms with van der Waals surface area (Å²) in [6.45, 7) is 1.49. The first kappa shape index (κ1) is 14.5. The lowest BCUT2D eigenvalue weighted by Crippen LogP contribution is -2.34. The number of aromatic nitrogens is 3. The van der Waals surface area contributed by atoms with Gasteiger partial charge in [0.2, 0.25) is 5.91 Å². The van der Waals surface area contributed by atoms with E-state index in [9.17, 15) is 4.79 Å². The Hall–Kier alpha value is -2.43. The molecule has 114 valence electrons. The van der Waals surface area contributed by atoms with E-state index >= 15 is 0 Å². The molecule has 22 heavy (non-hydrogen) atoms. The summed E-state index contributed by atoms with van der Waals surface area (Å²) < 4.78 is 1.86. The smallest absolute Gasteiger partial charge is 0.223 e. The highest BCUT2D eigenvalue weighted by molar-refractivity contribution is 5.78. The topological polar surface area (TPSA) is 51.0 Å². The van der Waals surface area contributed by atoms with Crippen molar-refractivity contribution in [3.63, 3.8) is 0 Å². The molecule has 0 bridgehead atoms. The highest BCUT2D eigenvalue weighted by Crippen LogP contribution is 2.22. The molecule has 0 saturated carbocycles. The summed E-state index contributed by atoms with van der Waals surface area (Å²) in [6, 6.07) is 10.4. The van der Waals surface area contributed by atoms with Crippen molar-refractivity contribution < 1.29 is 4.79 Å². The number of amides is 1. The Kier molecular flexibility index (Phi) is 4.32. The average molecular weight is 296 g/mol. The quantitative estimate of drug-likeness (QED) is 0.868. The standard InChI is InChI=1S/C17H20N4O/c1-20-13-18-19-16(20)7-8-17(22)21-11-9-15(10-12-21)14-5-3-2-4-6-14/h2-6,9,13H,7-8,10-12H2,1H3. The minimum Gasteiger partial charge on any atom is -0.339 e. The number of hydrogen-bond donors (Lipinski definition) is 0. The van der Waals surface area contributed by atoms with Crippen LogP contribution in [0.25, 0.3) is 5.57 Å². The third-order valence-corrected chi connectivity index (χ3v) is 4.07. The second kappa shape index (κ2) is 6.56. The second-order valence-electron chi connectivity index (χ2n) is 5.54. The third kappa shape index (κ3) is 3.24. The van der Waals surface area contributed by atoms with Crippen molar-refractivity contribution in [2.24, 2.45) is 7.05 Å². The van der Waals surface area contributed by atoms with Crippen molar-refractivity contribution in [3.8, 4) is 0 Å². The fraction of sp³-hybridized carbons (Fsp3) is 0.353. The van der Waals surface area contributed by atoms with Gasteiger partial charge in [-0.25, -0.2) is 0 Å². The zero-order valence-corrected chi connectivity index (χ0v) is 12.8. The van der Waals surface area contributed by atoms with Crippen LogP contribution in [0.3, 0.4) is 0 Å². The van der Waals surface area contributed by atoms with Gasteiger partial charge >= 0.3 is 0 Å². The van der Waals surface area contributed by atoms with Gasteiger partial charge in [0.25, 0.3) is 0 Å². The molecule has 0 aliphatic carbocycles. The maximum Gasteiger partial charge on any atom is 0.223 e. The molecule has 1 aliphatic rings. The number of carbonyl (C=O) groups is 1. The summed E-state index contributed by atoms with van der Waals surface area (Å²) in [5.41, 5.74) is 2.59. The molecule has 5 nitrogen and oxygen atoms in total. The lowest BCUT2D eigenvalue weighted by atomic mass is 9.99. The molecule has 0 unspecified atom stereocenters.